The zero-order valence-electron chi connectivity index (χ0n) is 16.4. The van der Waals surface area contributed by atoms with Crippen LogP contribution < -0.4 is 10.6 Å². The number of carbonyl (C=O) groups is 3. The molecule has 1 fully saturated rings. The average Bonchev–Trinajstić information content (AvgIpc) is 3.56. The van der Waals surface area contributed by atoms with Gasteiger partial charge in [-0.25, -0.2) is 4.79 Å². The second kappa shape index (κ2) is 8.78. The van der Waals surface area contributed by atoms with E-state index in [2.05, 4.69) is 10.6 Å². The molecule has 0 aliphatic heterocycles. The Morgan fingerprint density at radius 1 is 0.867 bits per heavy atom. The van der Waals surface area contributed by atoms with E-state index in [1.165, 1.54) is 0 Å². The summed E-state index contributed by atoms with van der Waals surface area (Å²) in [5.74, 6) is -1.21. The first-order chi connectivity index (χ1) is 14.6. The number of carbonyl (C=O) groups excluding carboxylic acids is 3. The van der Waals surface area contributed by atoms with Crippen LogP contribution in [0.4, 0.5) is 5.69 Å². The SMILES string of the molecule is O=C(Cc1cccc2ccccc12)Nc1ccccc1C(=O)OCC(=O)NC1CC1. The maximum Gasteiger partial charge on any atom is 0.340 e. The fourth-order valence-electron chi connectivity index (χ4n) is 3.29. The van der Waals surface area contributed by atoms with Gasteiger partial charge < -0.3 is 15.4 Å². The van der Waals surface area contributed by atoms with Crippen molar-refractivity contribution in [3.63, 3.8) is 0 Å². The number of fused-ring (bicyclic) bond motifs is 1. The number of esters is 1. The Morgan fingerprint density at radius 2 is 1.60 bits per heavy atom. The van der Waals surface area contributed by atoms with Crippen LogP contribution in [-0.4, -0.2) is 30.4 Å². The first-order valence-corrected chi connectivity index (χ1v) is 9.92. The van der Waals surface area contributed by atoms with Gasteiger partial charge in [-0.05, 0) is 41.3 Å². The lowest BCUT2D eigenvalue weighted by atomic mass is 10.0. The summed E-state index contributed by atoms with van der Waals surface area (Å²) in [7, 11) is 0. The molecule has 1 aliphatic rings. The second-order valence-corrected chi connectivity index (χ2v) is 7.33. The van der Waals surface area contributed by atoms with Gasteiger partial charge in [0, 0.05) is 6.04 Å². The third kappa shape index (κ3) is 4.84. The Kier molecular flexibility index (Phi) is 5.75. The van der Waals surface area contributed by atoms with Crippen molar-refractivity contribution in [1.82, 2.24) is 5.32 Å². The van der Waals surface area contributed by atoms with Gasteiger partial charge in [-0.1, -0.05) is 54.6 Å². The van der Waals surface area contributed by atoms with E-state index < -0.39 is 5.97 Å². The van der Waals surface area contributed by atoms with Gasteiger partial charge in [-0.3, -0.25) is 9.59 Å². The summed E-state index contributed by atoms with van der Waals surface area (Å²) < 4.78 is 5.11. The van der Waals surface area contributed by atoms with Crippen molar-refractivity contribution in [3.05, 3.63) is 77.9 Å². The third-order valence-electron chi connectivity index (χ3n) is 4.93. The molecule has 6 nitrogen and oxygen atoms in total. The fraction of sp³-hybridized carbons (Fsp3) is 0.208. The molecule has 0 heterocycles. The maximum atomic E-state index is 12.7. The molecular formula is C24H22N2O4. The van der Waals surface area contributed by atoms with E-state index in [1.807, 2.05) is 42.5 Å². The molecule has 0 spiro atoms. The fourth-order valence-corrected chi connectivity index (χ4v) is 3.29. The molecule has 1 aliphatic carbocycles. The summed E-state index contributed by atoms with van der Waals surface area (Å²) >= 11 is 0. The largest absolute Gasteiger partial charge is 0.452 e. The molecule has 152 valence electrons. The highest BCUT2D eigenvalue weighted by molar-refractivity contribution is 6.03. The molecule has 3 aromatic carbocycles. The number of hydrogen-bond donors (Lipinski definition) is 2. The Balaban J connectivity index is 1.42. The quantitative estimate of drug-likeness (QED) is 0.593. The highest BCUT2D eigenvalue weighted by Gasteiger charge is 2.24. The van der Waals surface area contributed by atoms with Crippen LogP contribution in [0.25, 0.3) is 10.8 Å². The molecule has 1 saturated carbocycles. The van der Waals surface area contributed by atoms with Crippen molar-refractivity contribution < 1.29 is 19.1 Å². The molecule has 2 amide bonds. The van der Waals surface area contributed by atoms with Gasteiger partial charge >= 0.3 is 5.97 Å². The van der Waals surface area contributed by atoms with Gasteiger partial charge in [-0.2, -0.15) is 0 Å². The van der Waals surface area contributed by atoms with Gasteiger partial charge in [0.2, 0.25) is 5.91 Å². The first-order valence-electron chi connectivity index (χ1n) is 9.92. The van der Waals surface area contributed by atoms with Crippen molar-refractivity contribution >= 4 is 34.2 Å². The third-order valence-corrected chi connectivity index (χ3v) is 4.93. The van der Waals surface area contributed by atoms with Crippen LogP contribution >= 0.6 is 0 Å². The highest BCUT2D eigenvalue weighted by Crippen LogP contribution is 2.21. The van der Waals surface area contributed by atoms with Gasteiger partial charge in [0.15, 0.2) is 6.61 Å². The Bertz CT molecular complexity index is 1100. The Hall–Kier alpha value is -3.67. The second-order valence-electron chi connectivity index (χ2n) is 7.33. The summed E-state index contributed by atoms with van der Waals surface area (Å²) in [4.78, 5) is 36.8. The molecule has 6 heteroatoms. The van der Waals surface area contributed by atoms with Crippen LogP contribution in [-0.2, 0) is 20.7 Å². The molecule has 0 aromatic heterocycles. The molecule has 4 rings (SSSR count). The van der Waals surface area contributed by atoms with E-state index in [9.17, 15) is 14.4 Å². The van der Waals surface area contributed by atoms with Gasteiger partial charge in [0.25, 0.3) is 5.91 Å². The minimum Gasteiger partial charge on any atom is -0.452 e. The van der Waals surface area contributed by atoms with Crippen molar-refractivity contribution in [3.8, 4) is 0 Å². The van der Waals surface area contributed by atoms with E-state index in [0.717, 1.165) is 29.2 Å². The van der Waals surface area contributed by atoms with Crippen molar-refractivity contribution in [2.75, 3.05) is 11.9 Å². The number of amides is 2. The minimum absolute atomic E-state index is 0.175. The average molecular weight is 402 g/mol. The molecule has 0 atom stereocenters. The van der Waals surface area contributed by atoms with Crippen molar-refractivity contribution in [2.45, 2.75) is 25.3 Å². The van der Waals surface area contributed by atoms with Gasteiger partial charge in [-0.15, -0.1) is 0 Å². The highest BCUT2D eigenvalue weighted by atomic mass is 16.5. The number of rotatable bonds is 7. The van der Waals surface area contributed by atoms with Crippen LogP contribution in [0, 0.1) is 0 Å². The van der Waals surface area contributed by atoms with E-state index >= 15 is 0 Å². The van der Waals surface area contributed by atoms with Crippen molar-refractivity contribution in [2.24, 2.45) is 0 Å². The van der Waals surface area contributed by atoms with Crippen LogP contribution in [0.15, 0.2) is 66.7 Å². The lowest BCUT2D eigenvalue weighted by Gasteiger charge is -2.12. The van der Waals surface area contributed by atoms with E-state index in [4.69, 9.17) is 4.74 Å². The number of para-hydroxylation sites is 1. The lowest BCUT2D eigenvalue weighted by molar-refractivity contribution is -0.124. The number of nitrogens with one attached hydrogen (secondary N) is 2. The predicted octanol–water partition coefficient (Wildman–Crippen LogP) is 3.46. The van der Waals surface area contributed by atoms with Crippen LogP contribution in [0.3, 0.4) is 0 Å². The molecular weight excluding hydrogens is 380 g/mol. The molecule has 30 heavy (non-hydrogen) atoms. The molecule has 3 aromatic rings. The first kappa shape index (κ1) is 19.6. The molecule has 0 unspecified atom stereocenters. The zero-order valence-corrected chi connectivity index (χ0v) is 16.4. The Morgan fingerprint density at radius 3 is 2.43 bits per heavy atom. The summed E-state index contributed by atoms with van der Waals surface area (Å²) in [6, 6.07) is 20.5. The Labute approximate surface area is 174 Å². The molecule has 0 bridgehead atoms. The van der Waals surface area contributed by atoms with E-state index in [1.54, 1.807) is 24.3 Å². The van der Waals surface area contributed by atoms with Gasteiger partial charge in [0.05, 0.1) is 17.7 Å². The lowest BCUT2D eigenvalue weighted by Crippen LogP contribution is -2.30. The number of benzene rings is 3. The van der Waals surface area contributed by atoms with Crippen LogP contribution in [0.2, 0.25) is 0 Å². The number of anilines is 1. The van der Waals surface area contributed by atoms with Gasteiger partial charge in [0.1, 0.15) is 0 Å². The number of hydrogen-bond acceptors (Lipinski definition) is 4. The summed E-state index contributed by atoms with van der Waals surface area (Å²) in [5.41, 5.74) is 1.47. The predicted molar refractivity (Wildman–Crippen MR) is 114 cm³/mol. The van der Waals surface area contributed by atoms with Crippen LogP contribution in [0.5, 0.6) is 0 Å². The van der Waals surface area contributed by atoms with E-state index in [-0.39, 0.29) is 36.4 Å². The maximum absolute atomic E-state index is 12.7. The summed E-state index contributed by atoms with van der Waals surface area (Å²) in [6.45, 7) is -0.340. The number of ether oxygens (including phenoxy) is 1. The smallest absolute Gasteiger partial charge is 0.340 e. The molecule has 0 radical (unpaired) electrons. The minimum atomic E-state index is -0.651. The summed E-state index contributed by atoms with van der Waals surface area (Å²) in [5, 5.41) is 7.64. The molecule has 0 saturated heterocycles. The molecule has 2 N–H and O–H groups in total. The van der Waals surface area contributed by atoms with Crippen molar-refractivity contribution in [1.29, 1.82) is 0 Å². The standard InChI is InChI=1S/C24H22N2O4/c27-22(14-17-8-5-7-16-6-1-2-9-19(16)17)26-21-11-4-3-10-20(21)24(29)30-15-23(28)25-18-12-13-18/h1-11,18H,12-15H2,(H,25,28)(H,26,27). The monoisotopic (exact) mass is 402 g/mol. The van der Waals surface area contributed by atoms with E-state index in [0.29, 0.717) is 5.69 Å². The summed E-state index contributed by atoms with van der Waals surface area (Å²) in [6.07, 6.45) is 2.10. The topological polar surface area (TPSA) is 84.5 Å². The van der Waals surface area contributed by atoms with Crippen LogP contribution in [0.1, 0.15) is 28.8 Å². The zero-order chi connectivity index (χ0) is 20.9. The normalized spacial score (nSPS) is 12.9.